The van der Waals surface area contributed by atoms with E-state index in [-0.39, 0.29) is 17.0 Å². The first-order valence-corrected chi connectivity index (χ1v) is 11.3. The van der Waals surface area contributed by atoms with E-state index in [0.29, 0.717) is 11.8 Å². The number of hydrogen-bond donors (Lipinski definition) is 2. The summed E-state index contributed by atoms with van der Waals surface area (Å²) in [7, 11) is 1.64. The van der Waals surface area contributed by atoms with Gasteiger partial charge in [-0.05, 0) is 98.1 Å². The molecule has 4 fully saturated rings. The minimum Gasteiger partial charge on any atom is -0.497 e. The van der Waals surface area contributed by atoms with Crippen LogP contribution >= 0.6 is 0 Å². The van der Waals surface area contributed by atoms with Crippen molar-refractivity contribution in [3.63, 3.8) is 0 Å². The third-order valence-corrected chi connectivity index (χ3v) is 7.60. The van der Waals surface area contributed by atoms with Gasteiger partial charge in [-0.25, -0.2) is 10.2 Å². The number of methoxy groups -OCH3 is 1. The summed E-state index contributed by atoms with van der Waals surface area (Å²) < 4.78 is 5.17. The van der Waals surface area contributed by atoms with E-state index in [0.717, 1.165) is 30.6 Å². The molecule has 0 heterocycles. The molecule has 0 saturated heterocycles. The number of amides is 2. The molecule has 2 amide bonds. The Morgan fingerprint density at radius 3 is 2.35 bits per heavy atom. The molecular formula is C26H31N3O2. The first kappa shape index (κ1) is 20.1. The van der Waals surface area contributed by atoms with Crippen LogP contribution in [0.25, 0.3) is 0 Å². The summed E-state index contributed by atoms with van der Waals surface area (Å²) in [4.78, 5) is 12.7. The fraction of sp³-hybridized carbons (Fsp3) is 0.462. The van der Waals surface area contributed by atoms with Crippen LogP contribution in [0.5, 0.6) is 5.75 Å². The van der Waals surface area contributed by atoms with Gasteiger partial charge in [-0.3, -0.25) is 0 Å². The number of benzene rings is 2. The molecule has 0 radical (unpaired) electrons. The maximum atomic E-state index is 12.7. The number of nitrogens with one attached hydrogen (secondary N) is 2. The standard InChI is InChI=1S/C26H31N3O2/c1-18-3-7-22(8-4-18)25-12-20-11-21(13-25)15-26(14-20,17-25)28-24(30)29-27-16-19-5-9-23(31-2)10-6-19/h3-10,16,20-21H,11-15,17H2,1-2H3,(H2,28,29,30)/b27-16-/t20-,21-,25?,26?/m1/s1. The van der Waals surface area contributed by atoms with Crippen LogP contribution < -0.4 is 15.5 Å². The Balaban J connectivity index is 1.28. The lowest BCUT2D eigenvalue weighted by atomic mass is 9.45. The first-order chi connectivity index (χ1) is 15.0. The van der Waals surface area contributed by atoms with E-state index in [1.54, 1.807) is 13.3 Å². The molecule has 0 aliphatic heterocycles. The molecule has 2 aromatic rings. The fourth-order valence-corrected chi connectivity index (χ4v) is 6.78. The number of hydrogen-bond acceptors (Lipinski definition) is 3. The highest BCUT2D eigenvalue weighted by Crippen LogP contribution is 2.62. The van der Waals surface area contributed by atoms with Gasteiger partial charge in [0.25, 0.3) is 0 Å². The van der Waals surface area contributed by atoms with Gasteiger partial charge in [0.1, 0.15) is 5.75 Å². The monoisotopic (exact) mass is 417 g/mol. The van der Waals surface area contributed by atoms with Gasteiger partial charge < -0.3 is 10.1 Å². The zero-order valence-corrected chi connectivity index (χ0v) is 18.4. The molecule has 4 aliphatic rings. The van der Waals surface area contributed by atoms with E-state index in [4.69, 9.17) is 4.74 Å². The normalized spacial score (nSPS) is 31.0. The lowest BCUT2D eigenvalue weighted by Gasteiger charge is -2.62. The third-order valence-electron chi connectivity index (χ3n) is 7.60. The number of aryl methyl sites for hydroxylation is 1. The Morgan fingerprint density at radius 2 is 1.71 bits per heavy atom. The Kier molecular flexibility index (Phi) is 4.99. The van der Waals surface area contributed by atoms with Crippen LogP contribution in [0.3, 0.4) is 0 Å². The van der Waals surface area contributed by atoms with Gasteiger partial charge in [-0.2, -0.15) is 5.10 Å². The molecule has 4 bridgehead atoms. The summed E-state index contributed by atoms with van der Waals surface area (Å²) >= 11 is 0. The molecule has 162 valence electrons. The Morgan fingerprint density at radius 1 is 1.03 bits per heavy atom. The SMILES string of the molecule is COc1ccc(/C=N\NC(=O)NC23C[C@@H]4C[C@@H](C2)CC(c2ccc(C)cc2)(C4)C3)cc1. The number of nitrogens with zero attached hydrogens (tertiary/aromatic N) is 1. The van der Waals surface area contributed by atoms with Crippen LogP contribution in [0.2, 0.25) is 0 Å². The molecule has 0 unspecified atom stereocenters. The fourth-order valence-electron chi connectivity index (χ4n) is 6.78. The Hall–Kier alpha value is -2.82. The molecule has 0 aromatic heterocycles. The molecule has 5 nitrogen and oxygen atoms in total. The summed E-state index contributed by atoms with van der Waals surface area (Å²) in [5.74, 6) is 2.20. The van der Waals surface area contributed by atoms with Crippen molar-refractivity contribution >= 4 is 12.2 Å². The van der Waals surface area contributed by atoms with Crippen molar-refractivity contribution in [3.8, 4) is 5.75 Å². The highest BCUT2D eigenvalue weighted by molar-refractivity contribution is 5.82. The summed E-state index contributed by atoms with van der Waals surface area (Å²) in [6.07, 6.45) is 8.70. The number of ether oxygens (including phenoxy) is 1. The molecule has 6 rings (SSSR count). The predicted octanol–water partition coefficient (Wildman–Crippen LogP) is 4.93. The highest BCUT2D eigenvalue weighted by atomic mass is 16.5. The molecule has 4 aliphatic carbocycles. The summed E-state index contributed by atoms with van der Waals surface area (Å²) in [5, 5.41) is 7.50. The van der Waals surface area contributed by atoms with Gasteiger partial charge in [0, 0.05) is 5.54 Å². The van der Waals surface area contributed by atoms with E-state index in [1.165, 1.54) is 30.4 Å². The lowest BCUT2D eigenvalue weighted by Crippen LogP contribution is -2.65. The number of carbonyl (C=O) groups is 1. The summed E-state index contributed by atoms with van der Waals surface area (Å²) in [6.45, 7) is 2.14. The highest BCUT2D eigenvalue weighted by Gasteiger charge is 2.58. The van der Waals surface area contributed by atoms with E-state index < -0.39 is 0 Å². The van der Waals surface area contributed by atoms with Gasteiger partial charge in [0.2, 0.25) is 0 Å². The molecule has 2 aromatic carbocycles. The largest absolute Gasteiger partial charge is 0.497 e. The summed E-state index contributed by atoms with van der Waals surface area (Å²) in [5.41, 5.74) is 6.44. The van der Waals surface area contributed by atoms with Gasteiger partial charge in [-0.1, -0.05) is 29.8 Å². The Bertz CT molecular complexity index is 967. The van der Waals surface area contributed by atoms with Crippen LogP contribution in [0.1, 0.15) is 55.2 Å². The van der Waals surface area contributed by atoms with E-state index in [9.17, 15) is 4.79 Å². The van der Waals surface area contributed by atoms with Crippen LogP contribution in [-0.2, 0) is 5.41 Å². The number of urea groups is 1. The maximum absolute atomic E-state index is 12.7. The molecule has 4 saturated carbocycles. The number of carbonyl (C=O) groups excluding carboxylic acids is 1. The molecule has 5 heteroatoms. The predicted molar refractivity (Wildman–Crippen MR) is 123 cm³/mol. The van der Waals surface area contributed by atoms with Crippen molar-refractivity contribution in [1.82, 2.24) is 10.7 Å². The van der Waals surface area contributed by atoms with Gasteiger partial charge in [0.15, 0.2) is 0 Å². The molecule has 2 N–H and O–H groups in total. The van der Waals surface area contributed by atoms with Crippen molar-refractivity contribution in [1.29, 1.82) is 0 Å². The lowest BCUT2D eigenvalue weighted by molar-refractivity contribution is -0.0349. The van der Waals surface area contributed by atoms with Crippen molar-refractivity contribution < 1.29 is 9.53 Å². The Labute approximate surface area is 184 Å². The third kappa shape index (κ3) is 3.93. The quantitative estimate of drug-likeness (QED) is 0.535. The van der Waals surface area contributed by atoms with Crippen molar-refractivity contribution in [2.75, 3.05) is 7.11 Å². The van der Waals surface area contributed by atoms with Gasteiger partial charge in [-0.15, -0.1) is 0 Å². The van der Waals surface area contributed by atoms with Crippen molar-refractivity contribution in [2.45, 2.75) is 56.4 Å². The minimum absolute atomic E-state index is 0.116. The average Bonchev–Trinajstić information content (AvgIpc) is 2.73. The van der Waals surface area contributed by atoms with E-state index in [1.807, 2.05) is 24.3 Å². The molecule has 2 atom stereocenters. The van der Waals surface area contributed by atoms with Crippen molar-refractivity contribution in [2.24, 2.45) is 16.9 Å². The van der Waals surface area contributed by atoms with Crippen LogP contribution in [-0.4, -0.2) is 24.9 Å². The zero-order valence-electron chi connectivity index (χ0n) is 18.4. The maximum Gasteiger partial charge on any atom is 0.335 e. The molecule has 0 spiro atoms. The van der Waals surface area contributed by atoms with Crippen molar-refractivity contribution in [3.05, 3.63) is 65.2 Å². The van der Waals surface area contributed by atoms with Crippen LogP contribution in [0.15, 0.2) is 53.6 Å². The average molecular weight is 418 g/mol. The van der Waals surface area contributed by atoms with Gasteiger partial charge in [0.05, 0.1) is 13.3 Å². The zero-order chi connectivity index (χ0) is 21.5. The van der Waals surface area contributed by atoms with E-state index in [2.05, 4.69) is 47.0 Å². The second kappa shape index (κ2) is 7.70. The smallest absolute Gasteiger partial charge is 0.335 e. The van der Waals surface area contributed by atoms with Crippen LogP contribution in [0, 0.1) is 18.8 Å². The first-order valence-electron chi connectivity index (χ1n) is 11.3. The number of rotatable bonds is 5. The molecule has 31 heavy (non-hydrogen) atoms. The minimum atomic E-state index is -0.203. The van der Waals surface area contributed by atoms with E-state index >= 15 is 0 Å². The second-order valence-corrected chi connectivity index (χ2v) is 9.98. The van der Waals surface area contributed by atoms with Gasteiger partial charge >= 0.3 is 6.03 Å². The topological polar surface area (TPSA) is 62.7 Å². The molecular weight excluding hydrogens is 386 g/mol. The number of hydrazone groups is 1. The van der Waals surface area contributed by atoms with Crippen LogP contribution in [0.4, 0.5) is 4.79 Å². The summed E-state index contributed by atoms with van der Waals surface area (Å²) in [6, 6.07) is 16.5. The second-order valence-electron chi connectivity index (χ2n) is 9.98.